The highest BCUT2D eigenvalue weighted by Crippen LogP contribution is 2.45. The highest BCUT2D eigenvalue weighted by Gasteiger charge is 2.36. The predicted octanol–water partition coefficient (Wildman–Crippen LogP) is 3.48. The first-order valence-electron chi connectivity index (χ1n) is 9.65. The number of hydrogen-bond acceptors (Lipinski definition) is 4. The van der Waals surface area contributed by atoms with Crippen LogP contribution in [0.25, 0.3) is 0 Å². The van der Waals surface area contributed by atoms with Crippen molar-refractivity contribution in [1.29, 1.82) is 0 Å². The SMILES string of the molecule is CC1Oc2cc(C3CCCCC3)c(C(C(=O)O)C(C)C=O)cc2N(C)C1=O. The van der Waals surface area contributed by atoms with Crippen LogP contribution in [0.3, 0.4) is 0 Å². The molecule has 6 nitrogen and oxygen atoms in total. The highest BCUT2D eigenvalue weighted by molar-refractivity contribution is 5.99. The number of rotatable bonds is 5. The summed E-state index contributed by atoms with van der Waals surface area (Å²) in [6.45, 7) is 3.34. The van der Waals surface area contributed by atoms with Crippen molar-refractivity contribution < 1.29 is 24.2 Å². The molecule has 1 aromatic carbocycles. The maximum atomic E-state index is 12.3. The van der Waals surface area contributed by atoms with Crippen molar-refractivity contribution in [2.45, 2.75) is 63.9 Å². The smallest absolute Gasteiger partial charge is 0.311 e. The van der Waals surface area contributed by atoms with Gasteiger partial charge < -0.3 is 19.5 Å². The number of aliphatic carboxylic acids is 1. The third-order valence-corrected chi connectivity index (χ3v) is 5.89. The summed E-state index contributed by atoms with van der Waals surface area (Å²) in [6, 6.07) is 3.66. The van der Waals surface area contributed by atoms with Gasteiger partial charge in [-0.1, -0.05) is 26.2 Å². The average molecular weight is 373 g/mol. The molecule has 3 atom stereocenters. The molecule has 0 spiro atoms. The van der Waals surface area contributed by atoms with E-state index < -0.39 is 23.9 Å². The number of carboxylic acids is 1. The minimum Gasteiger partial charge on any atom is -0.481 e. The van der Waals surface area contributed by atoms with Crippen molar-refractivity contribution in [3.63, 3.8) is 0 Å². The highest BCUT2D eigenvalue weighted by atomic mass is 16.5. The fourth-order valence-corrected chi connectivity index (χ4v) is 4.35. The van der Waals surface area contributed by atoms with Crippen LogP contribution in [0.1, 0.15) is 68.9 Å². The zero-order chi connectivity index (χ0) is 19.7. The van der Waals surface area contributed by atoms with E-state index in [4.69, 9.17) is 4.74 Å². The number of benzene rings is 1. The molecule has 1 fully saturated rings. The number of anilines is 1. The molecule has 3 rings (SSSR count). The van der Waals surface area contributed by atoms with E-state index in [1.807, 2.05) is 6.07 Å². The standard InChI is InChI=1S/C21H27NO5/c1-12(11-23)19(21(25)26)16-9-17-18(27-13(2)20(24)22(17)3)10-15(16)14-7-5-4-6-8-14/h9-14,19H,4-8H2,1-3H3,(H,25,26). The van der Waals surface area contributed by atoms with E-state index in [-0.39, 0.29) is 11.8 Å². The number of carboxylic acid groups (broad SMARTS) is 1. The van der Waals surface area contributed by atoms with Crippen LogP contribution in [0.5, 0.6) is 5.75 Å². The maximum absolute atomic E-state index is 12.3. The number of amides is 1. The number of likely N-dealkylation sites (N-methyl/N-ethyl adjacent to an activating group) is 1. The van der Waals surface area contributed by atoms with Crippen LogP contribution < -0.4 is 9.64 Å². The van der Waals surface area contributed by atoms with Gasteiger partial charge in [-0.25, -0.2) is 0 Å². The number of aldehydes is 1. The van der Waals surface area contributed by atoms with E-state index in [0.717, 1.165) is 31.2 Å². The van der Waals surface area contributed by atoms with Crippen LogP contribution in [0.15, 0.2) is 12.1 Å². The molecular weight excluding hydrogens is 346 g/mol. The lowest BCUT2D eigenvalue weighted by Gasteiger charge is -2.34. The molecule has 2 aliphatic rings. The minimum absolute atomic E-state index is 0.172. The van der Waals surface area contributed by atoms with Gasteiger partial charge in [-0.2, -0.15) is 0 Å². The van der Waals surface area contributed by atoms with Crippen molar-refractivity contribution in [2.75, 3.05) is 11.9 Å². The molecule has 27 heavy (non-hydrogen) atoms. The van der Waals surface area contributed by atoms with Crippen molar-refractivity contribution in [2.24, 2.45) is 5.92 Å². The van der Waals surface area contributed by atoms with Gasteiger partial charge in [-0.15, -0.1) is 0 Å². The lowest BCUT2D eigenvalue weighted by Crippen LogP contribution is -2.42. The lowest BCUT2D eigenvalue weighted by atomic mass is 9.76. The Kier molecular flexibility index (Phi) is 5.53. The Morgan fingerprint density at radius 3 is 2.56 bits per heavy atom. The largest absolute Gasteiger partial charge is 0.481 e. The minimum atomic E-state index is -1.02. The Morgan fingerprint density at radius 1 is 1.30 bits per heavy atom. The third-order valence-electron chi connectivity index (χ3n) is 5.89. The molecule has 146 valence electrons. The first-order chi connectivity index (χ1) is 12.8. The van der Waals surface area contributed by atoms with Gasteiger partial charge in [-0.05, 0) is 48.9 Å². The van der Waals surface area contributed by atoms with E-state index >= 15 is 0 Å². The lowest BCUT2D eigenvalue weighted by molar-refractivity contribution is -0.141. The molecule has 0 aromatic heterocycles. The maximum Gasteiger partial charge on any atom is 0.311 e. The van der Waals surface area contributed by atoms with Crippen LogP contribution in [0.2, 0.25) is 0 Å². The van der Waals surface area contributed by atoms with Crippen LogP contribution in [-0.2, 0) is 14.4 Å². The van der Waals surface area contributed by atoms with Crippen LogP contribution >= 0.6 is 0 Å². The topological polar surface area (TPSA) is 83.9 Å². The molecule has 0 radical (unpaired) electrons. The second-order valence-corrected chi connectivity index (χ2v) is 7.75. The third kappa shape index (κ3) is 3.57. The second-order valence-electron chi connectivity index (χ2n) is 7.75. The van der Waals surface area contributed by atoms with Gasteiger partial charge in [0.05, 0.1) is 11.6 Å². The summed E-state index contributed by atoms with van der Waals surface area (Å²) in [6.07, 6.45) is 5.52. The zero-order valence-electron chi connectivity index (χ0n) is 16.1. The molecule has 1 N–H and O–H groups in total. The summed E-state index contributed by atoms with van der Waals surface area (Å²) < 4.78 is 5.82. The Labute approximate surface area is 159 Å². The summed E-state index contributed by atoms with van der Waals surface area (Å²) in [7, 11) is 1.67. The van der Waals surface area contributed by atoms with Gasteiger partial charge in [0.1, 0.15) is 12.0 Å². The summed E-state index contributed by atoms with van der Waals surface area (Å²) in [5.41, 5.74) is 2.15. The number of ether oxygens (including phenoxy) is 1. The van der Waals surface area contributed by atoms with Crippen molar-refractivity contribution >= 4 is 23.9 Å². The Hall–Kier alpha value is -2.37. The molecule has 1 aliphatic carbocycles. The predicted molar refractivity (Wildman–Crippen MR) is 101 cm³/mol. The number of fused-ring (bicyclic) bond motifs is 1. The summed E-state index contributed by atoms with van der Waals surface area (Å²) in [5.74, 6) is -1.93. The van der Waals surface area contributed by atoms with Crippen molar-refractivity contribution in [1.82, 2.24) is 0 Å². The molecule has 1 saturated carbocycles. The molecule has 1 aliphatic heterocycles. The second kappa shape index (κ2) is 7.71. The number of hydrogen-bond donors (Lipinski definition) is 1. The Balaban J connectivity index is 2.18. The first-order valence-corrected chi connectivity index (χ1v) is 9.65. The van der Waals surface area contributed by atoms with Gasteiger partial charge >= 0.3 is 5.97 Å². The molecule has 6 heteroatoms. The van der Waals surface area contributed by atoms with Gasteiger partial charge in [0.2, 0.25) is 0 Å². The monoisotopic (exact) mass is 373 g/mol. The quantitative estimate of drug-likeness (QED) is 0.799. The van der Waals surface area contributed by atoms with E-state index in [1.165, 1.54) is 11.3 Å². The number of nitrogens with zero attached hydrogens (tertiary/aromatic N) is 1. The Morgan fingerprint density at radius 2 is 1.96 bits per heavy atom. The van der Waals surface area contributed by atoms with Crippen molar-refractivity contribution in [3.8, 4) is 5.75 Å². The average Bonchev–Trinajstić information content (AvgIpc) is 2.66. The van der Waals surface area contributed by atoms with E-state index in [9.17, 15) is 19.5 Å². The molecule has 3 unspecified atom stereocenters. The molecule has 0 bridgehead atoms. The van der Waals surface area contributed by atoms with Crippen LogP contribution in [0, 0.1) is 5.92 Å². The van der Waals surface area contributed by atoms with Gasteiger partial charge in [0.15, 0.2) is 6.10 Å². The Bertz CT molecular complexity index is 753. The molecular formula is C21H27NO5. The van der Waals surface area contributed by atoms with E-state index in [1.54, 1.807) is 27.0 Å². The number of carbonyl (C=O) groups excluding carboxylic acids is 2. The van der Waals surface area contributed by atoms with E-state index in [0.29, 0.717) is 23.3 Å². The molecule has 1 heterocycles. The van der Waals surface area contributed by atoms with Gasteiger partial charge in [-0.3, -0.25) is 9.59 Å². The zero-order valence-corrected chi connectivity index (χ0v) is 16.1. The fraction of sp³-hybridized carbons (Fsp3) is 0.571. The molecule has 0 saturated heterocycles. The fourth-order valence-electron chi connectivity index (χ4n) is 4.35. The van der Waals surface area contributed by atoms with E-state index in [2.05, 4.69) is 0 Å². The summed E-state index contributed by atoms with van der Waals surface area (Å²) in [5, 5.41) is 9.84. The summed E-state index contributed by atoms with van der Waals surface area (Å²) >= 11 is 0. The first kappa shape index (κ1) is 19.4. The summed E-state index contributed by atoms with van der Waals surface area (Å²) in [4.78, 5) is 37.3. The van der Waals surface area contributed by atoms with Crippen LogP contribution in [-0.4, -0.2) is 36.4 Å². The molecule has 1 amide bonds. The van der Waals surface area contributed by atoms with Crippen LogP contribution in [0.4, 0.5) is 5.69 Å². The number of carbonyl (C=O) groups is 3. The van der Waals surface area contributed by atoms with Crippen molar-refractivity contribution in [3.05, 3.63) is 23.3 Å². The molecule has 1 aromatic rings. The van der Waals surface area contributed by atoms with Gasteiger partial charge in [0.25, 0.3) is 5.91 Å². The normalized spacial score (nSPS) is 22.6. The van der Waals surface area contributed by atoms with Gasteiger partial charge in [0, 0.05) is 13.0 Å².